The minimum Gasteiger partial charge on any atom is -0.497 e. The van der Waals surface area contributed by atoms with Crippen LogP contribution in [-0.4, -0.2) is 20.1 Å². The first kappa shape index (κ1) is 18.1. The predicted octanol–water partition coefficient (Wildman–Crippen LogP) is 2.21. The van der Waals surface area contributed by atoms with Crippen LogP contribution in [-0.2, 0) is 11.2 Å². The monoisotopic (exact) mass is 318 g/mol. The number of anilines is 3. The average Bonchev–Trinajstić information content (AvgIpc) is 2.50. The Labute approximate surface area is 135 Å². The number of nitrogens with two attached hydrogens (primary N) is 2. The van der Waals surface area contributed by atoms with Crippen molar-refractivity contribution in [2.45, 2.75) is 6.42 Å². The highest BCUT2D eigenvalue weighted by molar-refractivity contribution is 5.94. The standard InChI is InChI=1S/C16H19N3O3.H3N/c1-21-12-5-6-14(15(9-12)22-2)19-16(20)7-10-3-4-11(17)8-13(10)18;/h3-6,8-9H,7,17-18H2,1-2H3,(H,19,20);1H3. The van der Waals surface area contributed by atoms with E-state index in [0.29, 0.717) is 28.6 Å². The van der Waals surface area contributed by atoms with Gasteiger partial charge in [-0.2, -0.15) is 0 Å². The maximum atomic E-state index is 12.2. The van der Waals surface area contributed by atoms with E-state index in [-0.39, 0.29) is 18.5 Å². The number of rotatable bonds is 5. The lowest BCUT2D eigenvalue weighted by atomic mass is 10.1. The molecule has 0 aromatic heterocycles. The van der Waals surface area contributed by atoms with Crippen LogP contribution in [0.2, 0.25) is 0 Å². The summed E-state index contributed by atoms with van der Waals surface area (Å²) in [4.78, 5) is 12.2. The molecule has 124 valence electrons. The van der Waals surface area contributed by atoms with Gasteiger partial charge in [0.25, 0.3) is 0 Å². The zero-order chi connectivity index (χ0) is 16.1. The predicted molar refractivity (Wildman–Crippen MR) is 92.2 cm³/mol. The molecule has 23 heavy (non-hydrogen) atoms. The molecule has 0 atom stereocenters. The van der Waals surface area contributed by atoms with Crippen LogP contribution in [0.25, 0.3) is 0 Å². The molecule has 0 aliphatic heterocycles. The van der Waals surface area contributed by atoms with Crippen LogP contribution < -0.4 is 32.4 Å². The first-order valence-electron chi connectivity index (χ1n) is 6.69. The van der Waals surface area contributed by atoms with Gasteiger partial charge in [0.05, 0.1) is 26.3 Å². The Balaban J connectivity index is 0.00000264. The van der Waals surface area contributed by atoms with Crippen molar-refractivity contribution in [3.05, 3.63) is 42.0 Å². The van der Waals surface area contributed by atoms with Crippen LogP contribution in [0.1, 0.15) is 5.56 Å². The minimum absolute atomic E-state index is 0. The summed E-state index contributed by atoms with van der Waals surface area (Å²) in [5, 5.41) is 2.80. The summed E-state index contributed by atoms with van der Waals surface area (Å²) in [6.07, 6.45) is 0.154. The number of amides is 1. The Morgan fingerprint density at radius 3 is 2.43 bits per heavy atom. The maximum absolute atomic E-state index is 12.2. The lowest BCUT2D eigenvalue weighted by Gasteiger charge is -2.12. The van der Waals surface area contributed by atoms with Crippen molar-refractivity contribution in [2.24, 2.45) is 0 Å². The molecular formula is C16H22N4O3. The van der Waals surface area contributed by atoms with Crippen molar-refractivity contribution in [2.75, 3.05) is 31.0 Å². The Kier molecular flexibility index (Phi) is 6.23. The second-order valence-electron chi connectivity index (χ2n) is 4.75. The van der Waals surface area contributed by atoms with Crippen molar-refractivity contribution in [1.29, 1.82) is 0 Å². The van der Waals surface area contributed by atoms with Gasteiger partial charge in [0.2, 0.25) is 5.91 Å². The molecule has 7 heteroatoms. The molecule has 0 bridgehead atoms. The summed E-state index contributed by atoms with van der Waals surface area (Å²) in [6, 6.07) is 10.3. The molecule has 0 aliphatic rings. The quantitative estimate of drug-likeness (QED) is 0.624. The molecule has 0 radical (unpaired) electrons. The highest BCUT2D eigenvalue weighted by Crippen LogP contribution is 2.29. The number of methoxy groups -OCH3 is 2. The zero-order valence-corrected chi connectivity index (χ0v) is 13.3. The topological polar surface area (TPSA) is 135 Å². The van der Waals surface area contributed by atoms with Crippen molar-refractivity contribution < 1.29 is 14.3 Å². The highest BCUT2D eigenvalue weighted by Gasteiger charge is 2.11. The molecule has 2 aromatic rings. The van der Waals surface area contributed by atoms with E-state index in [9.17, 15) is 4.79 Å². The number of benzene rings is 2. The van der Waals surface area contributed by atoms with E-state index in [2.05, 4.69) is 5.32 Å². The molecule has 0 aliphatic carbocycles. The van der Waals surface area contributed by atoms with Gasteiger partial charge in [-0.15, -0.1) is 0 Å². The van der Waals surface area contributed by atoms with Gasteiger partial charge in [-0.3, -0.25) is 4.79 Å². The lowest BCUT2D eigenvalue weighted by molar-refractivity contribution is -0.115. The van der Waals surface area contributed by atoms with Crippen LogP contribution in [0.3, 0.4) is 0 Å². The van der Waals surface area contributed by atoms with E-state index in [0.717, 1.165) is 5.56 Å². The first-order valence-corrected chi connectivity index (χ1v) is 6.69. The van der Waals surface area contributed by atoms with E-state index < -0.39 is 0 Å². The van der Waals surface area contributed by atoms with Crippen molar-refractivity contribution in [1.82, 2.24) is 6.15 Å². The number of hydrogen-bond acceptors (Lipinski definition) is 6. The molecular weight excluding hydrogens is 296 g/mol. The lowest BCUT2D eigenvalue weighted by Crippen LogP contribution is -2.16. The summed E-state index contributed by atoms with van der Waals surface area (Å²) in [6.45, 7) is 0. The average molecular weight is 318 g/mol. The van der Waals surface area contributed by atoms with Gasteiger partial charge in [0.1, 0.15) is 11.5 Å². The third kappa shape index (κ3) is 4.52. The van der Waals surface area contributed by atoms with Gasteiger partial charge in [0, 0.05) is 17.4 Å². The summed E-state index contributed by atoms with van der Waals surface area (Å²) in [5.74, 6) is 0.982. The van der Waals surface area contributed by atoms with E-state index in [1.165, 1.54) is 7.11 Å². The number of hydrogen-bond donors (Lipinski definition) is 4. The Morgan fingerprint density at radius 2 is 1.83 bits per heavy atom. The third-order valence-electron chi connectivity index (χ3n) is 3.20. The van der Waals surface area contributed by atoms with Crippen molar-refractivity contribution >= 4 is 23.0 Å². The first-order chi connectivity index (χ1) is 10.5. The van der Waals surface area contributed by atoms with Crippen LogP contribution in [0.4, 0.5) is 17.1 Å². The van der Waals surface area contributed by atoms with Crippen molar-refractivity contribution in [3.63, 3.8) is 0 Å². The smallest absolute Gasteiger partial charge is 0.228 e. The van der Waals surface area contributed by atoms with Crippen LogP contribution >= 0.6 is 0 Å². The Bertz CT molecular complexity index is 689. The molecule has 0 spiro atoms. The van der Waals surface area contributed by atoms with E-state index in [4.69, 9.17) is 20.9 Å². The van der Waals surface area contributed by atoms with Gasteiger partial charge in [-0.25, -0.2) is 0 Å². The normalized spacial score (nSPS) is 9.65. The molecule has 0 saturated heterocycles. The number of carbonyl (C=O) groups excluding carboxylic acids is 1. The molecule has 0 heterocycles. The van der Waals surface area contributed by atoms with Gasteiger partial charge < -0.3 is 32.4 Å². The number of nitrogen functional groups attached to an aromatic ring is 2. The van der Waals surface area contributed by atoms with E-state index >= 15 is 0 Å². The highest BCUT2D eigenvalue weighted by atomic mass is 16.5. The SMILES string of the molecule is COc1ccc(NC(=O)Cc2ccc(N)cc2N)c(OC)c1.N. The molecule has 2 rings (SSSR count). The molecule has 0 fully saturated rings. The van der Waals surface area contributed by atoms with Gasteiger partial charge >= 0.3 is 0 Å². The minimum atomic E-state index is -0.195. The van der Waals surface area contributed by atoms with Gasteiger partial charge in [0.15, 0.2) is 0 Å². The van der Waals surface area contributed by atoms with E-state index in [1.807, 2.05) is 0 Å². The summed E-state index contributed by atoms with van der Waals surface area (Å²) in [5.41, 5.74) is 13.9. The Morgan fingerprint density at radius 1 is 1.09 bits per heavy atom. The molecule has 0 saturated carbocycles. The second-order valence-corrected chi connectivity index (χ2v) is 4.75. The molecule has 7 nitrogen and oxygen atoms in total. The van der Waals surface area contributed by atoms with Crippen LogP contribution in [0.5, 0.6) is 11.5 Å². The number of nitrogens with one attached hydrogen (secondary N) is 1. The number of carbonyl (C=O) groups is 1. The maximum Gasteiger partial charge on any atom is 0.228 e. The van der Waals surface area contributed by atoms with Gasteiger partial charge in [-0.05, 0) is 29.8 Å². The van der Waals surface area contributed by atoms with Crippen LogP contribution in [0, 0.1) is 0 Å². The molecule has 2 aromatic carbocycles. The second kappa shape index (κ2) is 7.90. The van der Waals surface area contributed by atoms with Crippen LogP contribution in [0.15, 0.2) is 36.4 Å². The molecule has 0 unspecified atom stereocenters. The zero-order valence-electron chi connectivity index (χ0n) is 13.3. The molecule has 1 amide bonds. The van der Waals surface area contributed by atoms with Crippen molar-refractivity contribution in [3.8, 4) is 11.5 Å². The van der Waals surface area contributed by atoms with Gasteiger partial charge in [-0.1, -0.05) is 6.07 Å². The molecule has 8 N–H and O–H groups in total. The third-order valence-corrected chi connectivity index (χ3v) is 3.20. The summed E-state index contributed by atoms with van der Waals surface area (Å²) >= 11 is 0. The largest absolute Gasteiger partial charge is 0.497 e. The Hall–Kier alpha value is -2.93. The fourth-order valence-corrected chi connectivity index (χ4v) is 2.04. The number of ether oxygens (including phenoxy) is 2. The fraction of sp³-hybridized carbons (Fsp3) is 0.188. The fourth-order valence-electron chi connectivity index (χ4n) is 2.04. The summed E-state index contributed by atoms with van der Waals surface area (Å²) < 4.78 is 10.4. The van der Waals surface area contributed by atoms with E-state index in [1.54, 1.807) is 43.5 Å². The summed E-state index contributed by atoms with van der Waals surface area (Å²) in [7, 11) is 3.10.